The Morgan fingerprint density at radius 1 is 1.11 bits per heavy atom. The molecule has 27 heavy (non-hydrogen) atoms. The quantitative estimate of drug-likeness (QED) is 0.525. The number of anilines is 1. The first-order valence-corrected chi connectivity index (χ1v) is 8.50. The van der Waals surface area contributed by atoms with Crippen LogP contribution in [0.15, 0.2) is 58.1 Å². The van der Waals surface area contributed by atoms with Gasteiger partial charge in [0.15, 0.2) is 0 Å². The van der Waals surface area contributed by atoms with Gasteiger partial charge in [-0.3, -0.25) is 9.59 Å². The van der Waals surface area contributed by atoms with Gasteiger partial charge >= 0.3 is 6.18 Å². The number of benzene rings is 2. The van der Waals surface area contributed by atoms with E-state index in [-0.39, 0.29) is 12.1 Å². The fourth-order valence-corrected chi connectivity index (χ4v) is 2.33. The maximum Gasteiger partial charge on any atom is 0.416 e. The third-order valence-electron chi connectivity index (χ3n) is 3.34. The maximum atomic E-state index is 12.7. The third kappa shape index (κ3) is 6.52. The van der Waals surface area contributed by atoms with E-state index in [1.54, 1.807) is 24.3 Å². The van der Waals surface area contributed by atoms with Crippen molar-refractivity contribution in [3.63, 3.8) is 0 Å². The minimum atomic E-state index is -4.49. The van der Waals surface area contributed by atoms with E-state index >= 15 is 0 Å². The lowest BCUT2D eigenvalue weighted by Crippen LogP contribution is -2.21. The predicted molar refractivity (Wildman–Crippen MR) is 99.4 cm³/mol. The molecule has 0 aliphatic heterocycles. The van der Waals surface area contributed by atoms with Gasteiger partial charge in [0, 0.05) is 21.4 Å². The lowest BCUT2D eigenvalue weighted by Gasteiger charge is -2.10. The summed E-state index contributed by atoms with van der Waals surface area (Å²) in [5.74, 6) is -0.992. The molecule has 0 spiro atoms. The van der Waals surface area contributed by atoms with E-state index in [0.29, 0.717) is 11.3 Å². The summed E-state index contributed by atoms with van der Waals surface area (Å²) in [6, 6.07) is 10.9. The number of amides is 2. The summed E-state index contributed by atoms with van der Waals surface area (Å²) in [6.07, 6.45) is -4.67. The van der Waals surface area contributed by atoms with Crippen molar-refractivity contribution in [2.45, 2.75) is 19.5 Å². The Hall–Kier alpha value is -2.68. The summed E-state index contributed by atoms with van der Waals surface area (Å²) in [5.41, 5.74) is 2.18. The zero-order valence-corrected chi connectivity index (χ0v) is 15.7. The van der Waals surface area contributed by atoms with Crippen LogP contribution in [0.3, 0.4) is 0 Å². The SMILES string of the molecule is CC(CC(=O)Nc1cccc(C(F)(F)F)c1)=NNC(=O)c1ccc(Br)cc1. The normalized spacial score (nSPS) is 11.8. The molecule has 0 unspecified atom stereocenters. The fraction of sp³-hybridized carbons (Fsp3) is 0.167. The highest BCUT2D eigenvalue weighted by Gasteiger charge is 2.30. The molecule has 5 nitrogen and oxygen atoms in total. The molecule has 142 valence electrons. The Kier molecular flexibility index (Phi) is 6.73. The molecule has 0 aromatic heterocycles. The lowest BCUT2D eigenvalue weighted by molar-refractivity contribution is -0.137. The van der Waals surface area contributed by atoms with Crippen LogP contribution in [0.4, 0.5) is 18.9 Å². The second kappa shape index (κ2) is 8.81. The fourth-order valence-electron chi connectivity index (χ4n) is 2.06. The van der Waals surface area contributed by atoms with E-state index < -0.39 is 23.6 Å². The molecule has 0 atom stereocenters. The molecule has 0 heterocycles. The van der Waals surface area contributed by atoms with Crippen molar-refractivity contribution in [1.82, 2.24) is 5.43 Å². The van der Waals surface area contributed by atoms with Crippen molar-refractivity contribution in [2.24, 2.45) is 5.10 Å². The first-order chi connectivity index (χ1) is 12.6. The van der Waals surface area contributed by atoms with Crippen LogP contribution >= 0.6 is 15.9 Å². The van der Waals surface area contributed by atoms with Gasteiger partial charge in [0.25, 0.3) is 5.91 Å². The number of hydrazone groups is 1. The smallest absolute Gasteiger partial charge is 0.326 e. The van der Waals surface area contributed by atoms with Gasteiger partial charge in [-0.2, -0.15) is 18.3 Å². The Labute approximate surface area is 161 Å². The van der Waals surface area contributed by atoms with Gasteiger partial charge in [0.2, 0.25) is 5.91 Å². The number of carbonyl (C=O) groups excluding carboxylic acids is 2. The lowest BCUT2D eigenvalue weighted by atomic mass is 10.2. The molecule has 0 aliphatic rings. The van der Waals surface area contributed by atoms with Crippen LogP contribution in [-0.2, 0) is 11.0 Å². The molecule has 0 aliphatic carbocycles. The summed E-state index contributed by atoms with van der Waals surface area (Å²) in [5, 5.41) is 6.20. The van der Waals surface area contributed by atoms with Crippen molar-refractivity contribution in [1.29, 1.82) is 0 Å². The number of carbonyl (C=O) groups is 2. The van der Waals surface area contributed by atoms with Crippen LogP contribution < -0.4 is 10.7 Å². The van der Waals surface area contributed by atoms with Crippen LogP contribution in [0.1, 0.15) is 29.3 Å². The number of rotatable bonds is 5. The van der Waals surface area contributed by atoms with Gasteiger partial charge in [-0.05, 0) is 49.4 Å². The Bertz CT molecular complexity index is 865. The monoisotopic (exact) mass is 441 g/mol. The molecule has 9 heteroatoms. The summed E-state index contributed by atoms with van der Waals surface area (Å²) < 4.78 is 38.9. The Morgan fingerprint density at radius 2 is 1.78 bits per heavy atom. The summed E-state index contributed by atoms with van der Waals surface area (Å²) in [7, 11) is 0. The predicted octanol–water partition coefficient (Wildman–Crippen LogP) is 4.60. The molecule has 2 aromatic carbocycles. The largest absolute Gasteiger partial charge is 0.416 e. The van der Waals surface area contributed by atoms with Crippen LogP contribution in [0.5, 0.6) is 0 Å². The third-order valence-corrected chi connectivity index (χ3v) is 3.87. The topological polar surface area (TPSA) is 70.6 Å². The van der Waals surface area contributed by atoms with Gasteiger partial charge in [0.05, 0.1) is 12.0 Å². The highest BCUT2D eigenvalue weighted by atomic mass is 79.9. The molecule has 0 fully saturated rings. The number of alkyl halides is 3. The highest BCUT2D eigenvalue weighted by Crippen LogP contribution is 2.30. The molecular formula is C18H15BrF3N3O2. The molecule has 0 radical (unpaired) electrons. The number of halogens is 4. The standard InChI is InChI=1S/C18H15BrF3N3O2/c1-11(24-25-17(27)12-5-7-14(19)8-6-12)9-16(26)23-15-4-2-3-13(10-15)18(20,21)22/h2-8,10H,9H2,1H3,(H,23,26)(H,25,27). The van der Waals surface area contributed by atoms with Crippen molar-refractivity contribution in [2.75, 3.05) is 5.32 Å². The first kappa shape index (κ1) is 20.6. The summed E-state index contributed by atoms with van der Waals surface area (Å²) >= 11 is 3.26. The van der Waals surface area contributed by atoms with Crippen molar-refractivity contribution < 1.29 is 22.8 Å². The summed E-state index contributed by atoms with van der Waals surface area (Å²) in [6.45, 7) is 1.52. The minimum absolute atomic E-state index is 0.0292. The number of hydrogen-bond acceptors (Lipinski definition) is 3. The average Bonchev–Trinajstić information content (AvgIpc) is 2.59. The number of nitrogens with one attached hydrogen (secondary N) is 2. The number of nitrogens with zero attached hydrogens (tertiary/aromatic N) is 1. The Balaban J connectivity index is 1.92. The minimum Gasteiger partial charge on any atom is -0.326 e. The molecule has 0 saturated heterocycles. The molecule has 2 N–H and O–H groups in total. The van der Waals surface area contributed by atoms with Crippen molar-refractivity contribution in [3.8, 4) is 0 Å². The molecule has 0 bridgehead atoms. The highest BCUT2D eigenvalue weighted by molar-refractivity contribution is 9.10. The van der Waals surface area contributed by atoms with Crippen LogP contribution in [-0.4, -0.2) is 17.5 Å². The summed E-state index contributed by atoms with van der Waals surface area (Å²) in [4.78, 5) is 23.9. The first-order valence-electron chi connectivity index (χ1n) is 7.71. The van der Waals surface area contributed by atoms with Gasteiger partial charge in [0.1, 0.15) is 0 Å². The van der Waals surface area contributed by atoms with Gasteiger partial charge in [-0.15, -0.1) is 0 Å². The zero-order valence-electron chi connectivity index (χ0n) is 14.1. The van der Waals surface area contributed by atoms with Gasteiger partial charge in [-0.1, -0.05) is 22.0 Å². The molecular weight excluding hydrogens is 427 g/mol. The second-order valence-corrected chi connectivity index (χ2v) is 6.51. The van der Waals surface area contributed by atoms with Crippen molar-refractivity contribution >= 4 is 39.1 Å². The van der Waals surface area contributed by atoms with E-state index in [0.717, 1.165) is 16.6 Å². The van der Waals surface area contributed by atoms with Crippen molar-refractivity contribution in [3.05, 3.63) is 64.1 Å². The van der Waals surface area contributed by atoms with E-state index in [1.165, 1.54) is 19.1 Å². The molecule has 0 saturated carbocycles. The molecule has 2 aromatic rings. The van der Waals surface area contributed by atoms with E-state index in [9.17, 15) is 22.8 Å². The van der Waals surface area contributed by atoms with E-state index in [4.69, 9.17) is 0 Å². The molecule has 2 rings (SSSR count). The van der Waals surface area contributed by atoms with Gasteiger partial charge in [-0.25, -0.2) is 5.43 Å². The molecule has 2 amide bonds. The van der Waals surface area contributed by atoms with E-state index in [1.807, 2.05) is 0 Å². The van der Waals surface area contributed by atoms with Gasteiger partial charge < -0.3 is 5.32 Å². The van der Waals surface area contributed by atoms with Crippen LogP contribution in [0.2, 0.25) is 0 Å². The number of hydrogen-bond donors (Lipinski definition) is 2. The average molecular weight is 442 g/mol. The van der Waals surface area contributed by atoms with E-state index in [2.05, 4.69) is 31.8 Å². The van der Waals surface area contributed by atoms with Crippen LogP contribution in [0, 0.1) is 0 Å². The zero-order chi connectivity index (χ0) is 20.0. The second-order valence-electron chi connectivity index (χ2n) is 5.60. The maximum absolute atomic E-state index is 12.7. The Morgan fingerprint density at radius 3 is 2.41 bits per heavy atom. The van der Waals surface area contributed by atoms with Crippen LogP contribution in [0.25, 0.3) is 0 Å².